The van der Waals surface area contributed by atoms with Gasteiger partial charge in [-0.05, 0) is 54.7 Å². The molecule has 1 aromatic carbocycles. The maximum absolute atomic E-state index is 12.7. The second kappa shape index (κ2) is 8.27. The summed E-state index contributed by atoms with van der Waals surface area (Å²) in [6.45, 7) is 6.13. The largest absolute Gasteiger partial charge is 0.344 e. The molecular formula is C25H28N4O. The molecule has 1 amide bonds. The van der Waals surface area contributed by atoms with E-state index in [-0.39, 0.29) is 11.9 Å². The Morgan fingerprint density at radius 1 is 1.23 bits per heavy atom. The molecule has 1 aliphatic carbocycles. The Morgan fingerprint density at radius 3 is 2.80 bits per heavy atom. The standard InChI is InChI=1S/C25H28N4O/c1-5-7-23(30)28-24(25-17(3)27-15-29(25)4)21-13-19-8-6-11-26-22(19)14-18-10-9-16(2)12-20(18)21/h6,8-13,15,24H,5,7,14H2,1-4H3,(H,28,30). The number of benzene rings is 1. The lowest BCUT2D eigenvalue weighted by molar-refractivity contribution is -0.121. The summed E-state index contributed by atoms with van der Waals surface area (Å²) in [5.74, 6) is 0.0499. The lowest BCUT2D eigenvalue weighted by Crippen LogP contribution is -2.31. The summed E-state index contributed by atoms with van der Waals surface area (Å²) in [5, 5.41) is 3.30. The van der Waals surface area contributed by atoms with E-state index in [1.54, 1.807) is 0 Å². The van der Waals surface area contributed by atoms with E-state index in [1.807, 2.05) is 44.1 Å². The number of carbonyl (C=O) groups excluding carboxylic acids is 1. The fraction of sp³-hybridized carbons (Fsp3) is 0.320. The molecule has 0 fully saturated rings. The quantitative estimate of drug-likeness (QED) is 0.684. The second-order valence-corrected chi connectivity index (χ2v) is 8.05. The third-order valence-electron chi connectivity index (χ3n) is 5.71. The van der Waals surface area contributed by atoms with E-state index in [0.29, 0.717) is 6.42 Å². The predicted octanol–water partition coefficient (Wildman–Crippen LogP) is 4.53. The van der Waals surface area contributed by atoms with Crippen LogP contribution in [0.4, 0.5) is 0 Å². The highest BCUT2D eigenvalue weighted by atomic mass is 16.1. The number of imidazole rings is 1. The van der Waals surface area contributed by atoms with Crippen LogP contribution >= 0.6 is 0 Å². The number of aryl methyl sites for hydroxylation is 3. The zero-order chi connectivity index (χ0) is 21.3. The third-order valence-corrected chi connectivity index (χ3v) is 5.71. The van der Waals surface area contributed by atoms with Gasteiger partial charge in [0.1, 0.15) is 0 Å². The Bertz CT molecular complexity index is 1110. The molecule has 1 N–H and O–H groups in total. The minimum absolute atomic E-state index is 0.0499. The SMILES string of the molecule is CCCC(=O)NC(C1=Cc2cccnc2Cc2ccc(C)cc21)c1c(C)ncn1C. The van der Waals surface area contributed by atoms with E-state index in [2.05, 4.69) is 52.5 Å². The van der Waals surface area contributed by atoms with Crippen LogP contribution in [0.1, 0.15) is 65.1 Å². The number of hydrogen-bond acceptors (Lipinski definition) is 3. The molecule has 0 saturated carbocycles. The molecule has 0 bridgehead atoms. The van der Waals surface area contributed by atoms with Crippen molar-refractivity contribution in [2.45, 2.75) is 46.1 Å². The number of fused-ring (bicyclic) bond motifs is 2. The first kappa shape index (κ1) is 20.1. The number of rotatable bonds is 5. The van der Waals surface area contributed by atoms with Gasteiger partial charge in [0.05, 0.1) is 29.5 Å². The average Bonchev–Trinajstić information content (AvgIpc) is 2.96. The van der Waals surface area contributed by atoms with Crippen LogP contribution in [0.5, 0.6) is 0 Å². The van der Waals surface area contributed by atoms with Crippen molar-refractivity contribution in [3.63, 3.8) is 0 Å². The summed E-state index contributed by atoms with van der Waals surface area (Å²) < 4.78 is 2.01. The maximum atomic E-state index is 12.7. The Hall–Kier alpha value is -3.21. The molecule has 2 heterocycles. The van der Waals surface area contributed by atoms with E-state index < -0.39 is 0 Å². The van der Waals surface area contributed by atoms with Crippen LogP contribution in [-0.2, 0) is 18.3 Å². The van der Waals surface area contributed by atoms with E-state index in [4.69, 9.17) is 0 Å². The molecule has 0 saturated heterocycles. The molecule has 1 atom stereocenters. The molecule has 5 nitrogen and oxygen atoms in total. The van der Waals surface area contributed by atoms with Crippen molar-refractivity contribution < 1.29 is 4.79 Å². The highest BCUT2D eigenvalue weighted by Gasteiger charge is 2.28. The van der Waals surface area contributed by atoms with Gasteiger partial charge in [-0.1, -0.05) is 36.8 Å². The number of carbonyl (C=O) groups is 1. The summed E-state index contributed by atoms with van der Waals surface area (Å²) in [6, 6.07) is 10.3. The number of pyridine rings is 1. The van der Waals surface area contributed by atoms with Gasteiger partial charge in [-0.25, -0.2) is 4.98 Å². The molecule has 1 aliphatic rings. The molecule has 3 aromatic rings. The van der Waals surface area contributed by atoms with Gasteiger partial charge in [-0.2, -0.15) is 0 Å². The molecule has 0 aliphatic heterocycles. The highest BCUT2D eigenvalue weighted by Crippen LogP contribution is 2.38. The molecule has 4 rings (SSSR count). The van der Waals surface area contributed by atoms with Crippen molar-refractivity contribution in [1.82, 2.24) is 19.9 Å². The zero-order valence-corrected chi connectivity index (χ0v) is 18.1. The van der Waals surface area contributed by atoms with Gasteiger partial charge in [0.25, 0.3) is 0 Å². The van der Waals surface area contributed by atoms with E-state index >= 15 is 0 Å². The summed E-state index contributed by atoms with van der Waals surface area (Å²) in [7, 11) is 1.98. The minimum atomic E-state index is -0.289. The number of nitrogens with one attached hydrogen (secondary N) is 1. The maximum Gasteiger partial charge on any atom is 0.220 e. The van der Waals surface area contributed by atoms with Gasteiger partial charge in [-0.3, -0.25) is 9.78 Å². The normalized spacial score (nSPS) is 13.7. The van der Waals surface area contributed by atoms with Crippen LogP contribution < -0.4 is 5.32 Å². The number of nitrogens with zero attached hydrogens (tertiary/aromatic N) is 3. The fourth-order valence-electron chi connectivity index (χ4n) is 4.23. The first-order valence-electron chi connectivity index (χ1n) is 10.5. The van der Waals surface area contributed by atoms with Crippen molar-refractivity contribution >= 4 is 17.6 Å². The molecule has 2 aromatic heterocycles. The summed E-state index contributed by atoms with van der Waals surface area (Å²) in [4.78, 5) is 21.9. The molecule has 30 heavy (non-hydrogen) atoms. The van der Waals surface area contributed by atoms with Gasteiger partial charge in [0.15, 0.2) is 0 Å². The molecule has 0 radical (unpaired) electrons. The summed E-state index contributed by atoms with van der Waals surface area (Å²) in [6.07, 6.45) is 7.93. The smallest absolute Gasteiger partial charge is 0.220 e. The van der Waals surface area contributed by atoms with Crippen LogP contribution in [0.15, 0.2) is 42.9 Å². The molecule has 5 heteroatoms. The third kappa shape index (κ3) is 3.80. The van der Waals surface area contributed by atoms with E-state index in [1.165, 1.54) is 11.1 Å². The summed E-state index contributed by atoms with van der Waals surface area (Å²) in [5.41, 5.74) is 8.73. The predicted molar refractivity (Wildman–Crippen MR) is 120 cm³/mol. The van der Waals surface area contributed by atoms with Crippen molar-refractivity contribution in [3.05, 3.63) is 82.2 Å². The van der Waals surface area contributed by atoms with Crippen LogP contribution in [0.3, 0.4) is 0 Å². The average molecular weight is 401 g/mol. The zero-order valence-electron chi connectivity index (χ0n) is 18.1. The monoisotopic (exact) mass is 400 g/mol. The van der Waals surface area contributed by atoms with Gasteiger partial charge in [-0.15, -0.1) is 0 Å². The lowest BCUT2D eigenvalue weighted by atomic mass is 9.90. The highest BCUT2D eigenvalue weighted by molar-refractivity contribution is 5.90. The number of aromatic nitrogens is 3. The van der Waals surface area contributed by atoms with Gasteiger partial charge in [0.2, 0.25) is 5.91 Å². The lowest BCUT2D eigenvalue weighted by Gasteiger charge is -2.25. The topological polar surface area (TPSA) is 59.8 Å². The number of hydrogen-bond donors (Lipinski definition) is 1. The van der Waals surface area contributed by atoms with Gasteiger partial charge >= 0.3 is 0 Å². The first-order chi connectivity index (χ1) is 14.5. The van der Waals surface area contributed by atoms with E-state index in [0.717, 1.165) is 46.6 Å². The van der Waals surface area contributed by atoms with E-state index in [9.17, 15) is 4.79 Å². The Labute approximate surface area is 177 Å². The van der Waals surface area contributed by atoms with Crippen LogP contribution in [0.25, 0.3) is 11.6 Å². The Balaban J connectivity index is 1.95. The Morgan fingerprint density at radius 2 is 2.07 bits per heavy atom. The molecule has 0 spiro atoms. The van der Waals surface area contributed by atoms with Crippen molar-refractivity contribution in [2.75, 3.05) is 0 Å². The van der Waals surface area contributed by atoms with Crippen molar-refractivity contribution in [3.8, 4) is 0 Å². The molecular weight excluding hydrogens is 372 g/mol. The fourth-order valence-corrected chi connectivity index (χ4v) is 4.23. The summed E-state index contributed by atoms with van der Waals surface area (Å²) >= 11 is 0. The molecule has 1 unspecified atom stereocenters. The molecule has 154 valence electrons. The van der Waals surface area contributed by atoms with Crippen molar-refractivity contribution in [1.29, 1.82) is 0 Å². The van der Waals surface area contributed by atoms with Crippen LogP contribution in [-0.4, -0.2) is 20.4 Å². The van der Waals surface area contributed by atoms with Crippen LogP contribution in [0, 0.1) is 13.8 Å². The second-order valence-electron chi connectivity index (χ2n) is 8.05. The van der Waals surface area contributed by atoms with Gasteiger partial charge < -0.3 is 9.88 Å². The number of amides is 1. The first-order valence-corrected chi connectivity index (χ1v) is 10.5. The van der Waals surface area contributed by atoms with Crippen molar-refractivity contribution in [2.24, 2.45) is 7.05 Å². The van der Waals surface area contributed by atoms with Crippen LogP contribution in [0.2, 0.25) is 0 Å². The minimum Gasteiger partial charge on any atom is -0.344 e. The van der Waals surface area contributed by atoms with Gasteiger partial charge in [0, 0.05) is 26.1 Å². The Kier molecular flexibility index (Phi) is 5.53.